The first kappa shape index (κ1) is 19.9. The summed E-state index contributed by atoms with van der Waals surface area (Å²) in [5, 5.41) is 1.61. The summed E-state index contributed by atoms with van der Waals surface area (Å²) in [5.74, 6) is 1.64. The van der Waals surface area contributed by atoms with E-state index in [4.69, 9.17) is 0 Å². The Balaban J connectivity index is 1.95. The van der Waals surface area contributed by atoms with Crippen LogP contribution < -0.4 is 15.9 Å². The molecule has 3 aromatic rings. The molecular formula is C26H30BrP. The molecule has 0 unspecified atom stereocenters. The van der Waals surface area contributed by atoms with Gasteiger partial charge in [-0.3, -0.25) is 0 Å². The summed E-state index contributed by atoms with van der Waals surface area (Å²) in [6.45, 7) is 2.41. The fourth-order valence-corrected chi connectivity index (χ4v) is 13.6. The number of benzene rings is 3. The van der Waals surface area contributed by atoms with Crippen molar-refractivity contribution >= 4 is 36.7 Å². The second-order valence-electron chi connectivity index (χ2n) is 8.50. The second kappa shape index (κ2) is 8.13. The third-order valence-corrected chi connectivity index (χ3v) is 16.5. The van der Waals surface area contributed by atoms with Gasteiger partial charge in [0.15, 0.2) is 0 Å². The number of hydrogen-bond donors (Lipinski definition) is 0. The molecule has 4 rings (SSSR count). The van der Waals surface area contributed by atoms with Crippen molar-refractivity contribution < 1.29 is 0 Å². The van der Waals surface area contributed by atoms with E-state index < -0.39 is 5.31 Å². The average Bonchev–Trinajstić information content (AvgIpc) is 2.77. The third-order valence-electron chi connectivity index (χ3n) is 6.62. The van der Waals surface area contributed by atoms with Crippen LogP contribution in [0.2, 0.25) is 0 Å². The Hall–Kier alpha value is -1.43. The van der Waals surface area contributed by atoms with Gasteiger partial charge in [-0.05, 0) is 0 Å². The van der Waals surface area contributed by atoms with Gasteiger partial charge in [0.25, 0.3) is 0 Å². The maximum atomic E-state index is 4.60. The van der Waals surface area contributed by atoms with Crippen molar-refractivity contribution in [3.8, 4) is 0 Å². The van der Waals surface area contributed by atoms with Gasteiger partial charge >= 0.3 is 178 Å². The summed E-state index contributed by atoms with van der Waals surface area (Å²) in [7, 11) is 0. The number of halogens is 1. The van der Waals surface area contributed by atoms with Crippen LogP contribution in [0.1, 0.15) is 32.6 Å². The van der Waals surface area contributed by atoms with E-state index in [0.717, 1.165) is 11.8 Å². The van der Waals surface area contributed by atoms with Crippen LogP contribution in [0.3, 0.4) is 0 Å². The predicted octanol–water partition coefficient (Wildman–Crippen LogP) is 6.65. The van der Waals surface area contributed by atoms with E-state index in [-0.39, 0.29) is 0 Å². The molecule has 146 valence electrons. The molecule has 1 aliphatic rings. The van der Waals surface area contributed by atoms with Crippen molar-refractivity contribution in [1.29, 1.82) is 0 Å². The summed E-state index contributed by atoms with van der Waals surface area (Å²) < 4.78 is 0. The van der Waals surface area contributed by atoms with Crippen molar-refractivity contribution in [2.75, 3.05) is 6.16 Å². The Morgan fingerprint density at radius 3 is 1.36 bits per heavy atom. The molecule has 0 nitrogen and oxygen atoms in total. The fraction of sp³-hybridized carbons (Fsp3) is 0.308. The van der Waals surface area contributed by atoms with E-state index in [2.05, 4.69) is 113 Å². The van der Waals surface area contributed by atoms with Crippen molar-refractivity contribution in [3.05, 3.63) is 91.0 Å². The molecule has 28 heavy (non-hydrogen) atoms. The van der Waals surface area contributed by atoms with Crippen LogP contribution in [-0.2, 0) is 0 Å². The van der Waals surface area contributed by atoms with Crippen molar-refractivity contribution in [1.82, 2.24) is 0 Å². The quantitative estimate of drug-likeness (QED) is 0.380. The van der Waals surface area contributed by atoms with Crippen LogP contribution >= 0.6 is 20.8 Å². The van der Waals surface area contributed by atoms with Crippen LogP contribution in [0, 0.1) is 11.8 Å². The monoisotopic (exact) mass is 452 g/mol. The molecule has 0 aromatic heterocycles. The third kappa shape index (κ3) is 3.49. The minimum absolute atomic E-state index is 0.758. The van der Waals surface area contributed by atoms with E-state index in [0.29, 0.717) is 0 Å². The van der Waals surface area contributed by atoms with Gasteiger partial charge in [0.1, 0.15) is 0 Å². The zero-order valence-corrected chi connectivity index (χ0v) is 19.2. The van der Waals surface area contributed by atoms with Crippen molar-refractivity contribution in [2.24, 2.45) is 11.8 Å². The van der Waals surface area contributed by atoms with Crippen molar-refractivity contribution in [2.45, 2.75) is 32.6 Å². The molecule has 2 heteroatoms. The molecule has 1 fully saturated rings. The molecule has 0 atom stereocenters. The molecule has 1 saturated carbocycles. The van der Waals surface area contributed by atoms with Crippen LogP contribution in [0.25, 0.3) is 0 Å². The van der Waals surface area contributed by atoms with Gasteiger partial charge in [-0.15, -0.1) is 0 Å². The summed E-state index contributed by atoms with van der Waals surface area (Å²) in [6.07, 6.45) is 6.62. The van der Waals surface area contributed by atoms with Gasteiger partial charge in [-0.25, -0.2) is 0 Å². The van der Waals surface area contributed by atoms with E-state index in [1.807, 2.05) is 0 Å². The zero-order chi connectivity index (χ0) is 19.5. The first-order chi connectivity index (χ1) is 13.6. The first-order valence-corrected chi connectivity index (χ1v) is 14.9. The molecule has 0 bridgehead atoms. The van der Waals surface area contributed by atoms with Crippen LogP contribution in [-0.4, -0.2) is 6.16 Å². The van der Waals surface area contributed by atoms with Gasteiger partial charge in [0.2, 0.25) is 0 Å². The Morgan fingerprint density at radius 2 is 1.00 bits per heavy atom. The molecule has 0 aliphatic heterocycles. The molecule has 0 amide bonds. The molecule has 0 N–H and O–H groups in total. The number of rotatable bonds is 5. The summed E-state index contributed by atoms with van der Waals surface area (Å²) in [6, 6.07) is 33.7. The van der Waals surface area contributed by atoms with Crippen molar-refractivity contribution in [3.63, 3.8) is 0 Å². The number of hydrogen-bond acceptors (Lipinski definition) is 0. The van der Waals surface area contributed by atoms with Crippen LogP contribution in [0.4, 0.5) is 0 Å². The second-order valence-corrected chi connectivity index (χ2v) is 17.5. The van der Waals surface area contributed by atoms with Crippen LogP contribution in [0.5, 0.6) is 0 Å². The van der Waals surface area contributed by atoms with Crippen LogP contribution in [0.15, 0.2) is 91.0 Å². The van der Waals surface area contributed by atoms with E-state index >= 15 is 0 Å². The Kier molecular flexibility index (Phi) is 5.77. The molecular weight excluding hydrogens is 423 g/mol. The molecule has 0 spiro atoms. The van der Waals surface area contributed by atoms with Gasteiger partial charge in [0, 0.05) is 0 Å². The minimum atomic E-state index is -2.74. The molecule has 0 heterocycles. The topological polar surface area (TPSA) is 0 Å². The van der Waals surface area contributed by atoms with E-state index in [1.54, 1.807) is 0 Å². The van der Waals surface area contributed by atoms with Gasteiger partial charge in [-0.1, -0.05) is 0 Å². The molecule has 0 saturated heterocycles. The van der Waals surface area contributed by atoms with Gasteiger partial charge in [0.05, 0.1) is 0 Å². The summed E-state index contributed by atoms with van der Waals surface area (Å²) >= 11 is 4.60. The Morgan fingerprint density at radius 1 is 0.643 bits per heavy atom. The fourth-order valence-electron chi connectivity index (χ4n) is 4.98. The predicted molar refractivity (Wildman–Crippen MR) is 130 cm³/mol. The molecule has 1 aliphatic carbocycles. The maximum absolute atomic E-state index is 4.60. The van der Waals surface area contributed by atoms with Gasteiger partial charge in [-0.2, -0.15) is 0 Å². The zero-order valence-electron chi connectivity index (χ0n) is 16.7. The molecule has 3 aromatic carbocycles. The standard InChI is InChI=1S/C26H30BrP/c1-22-17-19-23(20-18-22)21-28(27,24-11-5-2-6-12-24,25-13-7-3-8-14-25)26-15-9-4-10-16-26/h2-16,22-23H,17-21H2,1H3. The summed E-state index contributed by atoms with van der Waals surface area (Å²) in [4.78, 5) is 0. The first-order valence-electron chi connectivity index (χ1n) is 10.5. The molecule has 0 radical (unpaired) electrons. The van der Waals surface area contributed by atoms with Gasteiger partial charge < -0.3 is 0 Å². The summed E-state index contributed by atoms with van der Waals surface area (Å²) in [5.41, 5.74) is 0. The normalized spacial score (nSPS) is 21.6. The Labute approximate surface area is 178 Å². The average molecular weight is 453 g/mol. The van der Waals surface area contributed by atoms with E-state index in [9.17, 15) is 0 Å². The van der Waals surface area contributed by atoms with E-state index in [1.165, 1.54) is 47.8 Å². The Bertz CT molecular complexity index is 784. The SMILES string of the molecule is CC1CCC(CP(Br)(c2ccccc2)(c2ccccc2)c2ccccc2)CC1.